The van der Waals surface area contributed by atoms with Gasteiger partial charge in [-0.1, -0.05) is 19.1 Å². The van der Waals surface area contributed by atoms with Crippen LogP contribution >= 0.6 is 0 Å². The maximum Gasteiger partial charge on any atom is 0.319 e. The first-order chi connectivity index (χ1) is 11.6. The highest BCUT2D eigenvalue weighted by atomic mass is 16.3. The molecule has 0 radical (unpaired) electrons. The minimum atomic E-state index is -0.286. The Bertz CT molecular complexity index is 728. The summed E-state index contributed by atoms with van der Waals surface area (Å²) in [4.78, 5) is 12.1. The summed E-state index contributed by atoms with van der Waals surface area (Å²) < 4.78 is 2.13. The Kier molecular flexibility index (Phi) is 4.80. The number of hydrogen-bond donors (Lipinski definition) is 3. The fraction of sp³-hybridized carbons (Fsp3) is 0.471. The minimum absolute atomic E-state index is 0.000616. The van der Waals surface area contributed by atoms with Crippen molar-refractivity contribution in [1.82, 2.24) is 20.1 Å². The molecule has 1 aromatic carbocycles. The quantitative estimate of drug-likeness (QED) is 0.782. The third kappa shape index (κ3) is 3.41. The Hall–Kier alpha value is -2.41. The van der Waals surface area contributed by atoms with Gasteiger partial charge in [0.05, 0.1) is 0 Å². The lowest BCUT2D eigenvalue weighted by atomic mass is 10.1. The van der Waals surface area contributed by atoms with Crippen LogP contribution in [0.25, 0.3) is 11.4 Å². The SMILES string of the molecule is CC(CO)C(C)NC(=O)Nc1cccc(-c2nnc3n2CCC3)c1. The zero-order valence-electron chi connectivity index (χ0n) is 14.0. The molecule has 3 N–H and O–H groups in total. The van der Waals surface area contributed by atoms with E-state index in [1.807, 2.05) is 38.1 Å². The van der Waals surface area contributed by atoms with Crippen molar-refractivity contribution in [3.05, 3.63) is 30.1 Å². The van der Waals surface area contributed by atoms with Gasteiger partial charge in [0.2, 0.25) is 0 Å². The maximum atomic E-state index is 12.1. The van der Waals surface area contributed by atoms with Crippen LogP contribution in [0.15, 0.2) is 24.3 Å². The van der Waals surface area contributed by atoms with Crippen LogP contribution in [-0.2, 0) is 13.0 Å². The van der Waals surface area contributed by atoms with Crippen LogP contribution in [0.4, 0.5) is 10.5 Å². The van der Waals surface area contributed by atoms with Crippen molar-refractivity contribution in [1.29, 1.82) is 0 Å². The highest BCUT2D eigenvalue weighted by Gasteiger charge is 2.19. The Morgan fingerprint density at radius 2 is 2.21 bits per heavy atom. The molecule has 128 valence electrons. The van der Waals surface area contributed by atoms with E-state index in [0.29, 0.717) is 5.69 Å². The van der Waals surface area contributed by atoms with Gasteiger partial charge < -0.3 is 20.3 Å². The van der Waals surface area contributed by atoms with E-state index in [2.05, 4.69) is 25.4 Å². The second-order valence-electron chi connectivity index (χ2n) is 6.32. The van der Waals surface area contributed by atoms with Crippen LogP contribution in [-0.4, -0.2) is 38.6 Å². The van der Waals surface area contributed by atoms with E-state index in [1.165, 1.54) is 0 Å². The Balaban J connectivity index is 1.70. The average molecular weight is 329 g/mol. The molecule has 2 heterocycles. The van der Waals surface area contributed by atoms with Gasteiger partial charge in [-0.15, -0.1) is 10.2 Å². The maximum absolute atomic E-state index is 12.1. The molecule has 2 amide bonds. The first-order valence-corrected chi connectivity index (χ1v) is 8.29. The molecule has 2 unspecified atom stereocenters. The highest BCUT2D eigenvalue weighted by molar-refractivity contribution is 5.90. The van der Waals surface area contributed by atoms with E-state index in [-0.39, 0.29) is 24.6 Å². The van der Waals surface area contributed by atoms with Crippen LogP contribution in [0.2, 0.25) is 0 Å². The van der Waals surface area contributed by atoms with Crippen LogP contribution in [0, 0.1) is 5.92 Å². The molecule has 0 aliphatic carbocycles. The summed E-state index contributed by atoms with van der Waals surface area (Å²) in [5, 5.41) is 23.3. The van der Waals surface area contributed by atoms with E-state index in [0.717, 1.165) is 36.6 Å². The van der Waals surface area contributed by atoms with Gasteiger partial charge in [-0.3, -0.25) is 0 Å². The second-order valence-corrected chi connectivity index (χ2v) is 6.32. The molecule has 1 aliphatic rings. The van der Waals surface area contributed by atoms with Gasteiger partial charge in [0, 0.05) is 36.9 Å². The van der Waals surface area contributed by atoms with Crippen LogP contribution in [0.1, 0.15) is 26.1 Å². The number of rotatable bonds is 5. The standard InChI is InChI=1S/C17H23N5O2/c1-11(10-23)12(2)18-17(24)19-14-6-3-5-13(9-14)16-21-20-15-7-4-8-22(15)16/h3,5-6,9,11-12,23H,4,7-8,10H2,1-2H3,(H2,18,19,24). The van der Waals surface area contributed by atoms with Gasteiger partial charge in [-0.2, -0.15) is 0 Å². The number of nitrogens with zero attached hydrogens (tertiary/aromatic N) is 3. The van der Waals surface area contributed by atoms with Gasteiger partial charge in [0.15, 0.2) is 5.82 Å². The number of aryl methyl sites for hydroxylation is 1. The van der Waals surface area contributed by atoms with E-state index in [1.54, 1.807) is 0 Å². The molecular formula is C17H23N5O2. The number of aromatic nitrogens is 3. The summed E-state index contributed by atoms with van der Waals surface area (Å²) in [5.41, 5.74) is 1.63. The molecule has 0 saturated carbocycles. The van der Waals surface area contributed by atoms with Crippen LogP contribution in [0.3, 0.4) is 0 Å². The molecule has 1 aromatic heterocycles. The number of fused-ring (bicyclic) bond motifs is 1. The third-order valence-electron chi connectivity index (χ3n) is 4.49. The topological polar surface area (TPSA) is 92.1 Å². The number of benzene rings is 1. The molecule has 0 bridgehead atoms. The molecule has 7 nitrogen and oxygen atoms in total. The Morgan fingerprint density at radius 1 is 1.38 bits per heavy atom. The van der Waals surface area contributed by atoms with E-state index in [4.69, 9.17) is 5.11 Å². The summed E-state index contributed by atoms with van der Waals surface area (Å²) >= 11 is 0. The molecule has 7 heteroatoms. The molecular weight excluding hydrogens is 306 g/mol. The highest BCUT2D eigenvalue weighted by Crippen LogP contribution is 2.25. The molecule has 0 fully saturated rings. The molecule has 0 spiro atoms. The van der Waals surface area contributed by atoms with Crippen molar-refractivity contribution < 1.29 is 9.90 Å². The lowest BCUT2D eigenvalue weighted by Crippen LogP contribution is -2.40. The second kappa shape index (κ2) is 7.00. The van der Waals surface area contributed by atoms with Gasteiger partial charge >= 0.3 is 6.03 Å². The Labute approximate surface area is 141 Å². The fourth-order valence-electron chi connectivity index (χ4n) is 2.77. The number of aliphatic hydroxyl groups excluding tert-OH is 1. The lowest BCUT2D eigenvalue weighted by Gasteiger charge is -2.19. The monoisotopic (exact) mass is 329 g/mol. The zero-order chi connectivity index (χ0) is 17.1. The average Bonchev–Trinajstić information content (AvgIpc) is 3.17. The van der Waals surface area contributed by atoms with Crippen molar-refractivity contribution >= 4 is 11.7 Å². The molecule has 2 aromatic rings. The third-order valence-corrected chi connectivity index (χ3v) is 4.49. The molecule has 24 heavy (non-hydrogen) atoms. The molecule has 2 atom stereocenters. The van der Waals surface area contributed by atoms with Crippen LogP contribution < -0.4 is 10.6 Å². The number of aliphatic hydroxyl groups is 1. The van der Waals surface area contributed by atoms with Crippen molar-refractivity contribution in [3.8, 4) is 11.4 Å². The fourth-order valence-corrected chi connectivity index (χ4v) is 2.77. The van der Waals surface area contributed by atoms with Crippen molar-refractivity contribution in [2.45, 2.75) is 39.3 Å². The van der Waals surface area contributed by atoms with Crippen LogP contribution in [0.5, 0.6) is 0 Å². The van der Waals surface area contributed by atoms with Gasteiger partial charge in [-0.05, 0) is 31.4 Å². The number of amides is 2. The van der Waals surface area contributed by atoms with Gasteiger partial charge in [0.25, 0.3) is 0 Å². The number of carbonyl (C=O) groups excluding carboxylic acids is 1. The number of anilines is 1. The number of nitrogens with one attached hydrogen (secondary N) is 2. The zero-order valence-corrected chi connectivity index (χ0v) is 14.0. The number of urea groups is 1. The summed E-state index contributed by atoms with van der Waals surface area (Å²) in [7, 11) is 0. The first-order valence-electron chi connectivity index (χ1n) is 8.29. The summed E-state index contributed by atoms with van der Waals surface area (Å²) in [5.74, 6) is 1.86. The van der Waals surface area contributed by atoms with E-state index < -0.39 is 0 Å². The van der Waals surface area contributed by atoms with E-state index >= 15 is 0 Å². The minimum Gasteiger partial charge on any atom is -0.396 e. The summed E-state index contributed by atoms with van der Waals surface area (Å²) in [6.07, 6.45) is 2.06. The number of carbonyl (C=O) groups is 1. The largest absolute Gasteiger partial charge is 0.396 e. The Morgan fingerprint density at radius 3 is 3.00 bits per heavy atom. The predicted octanol–water partition coefficient (Wildman–Crippen LogP) is 2.03. The molecule has 0 saturated heterocycles. The summed E-state index contributed by atoms with van der Waals surface area (Å²) in [6.45, 7) is 4.73. The van der Waals surface area contributed by atoms with Crippen molar-refractivity contribution in [2.75, 3.05) is 11.9 Å². The molecule has 3 rings (SSSR count). The summed E-state index contributed by atoms with van der Waals surface area (Å²) in [6, 6.07) is 7.19. The van der Waals surface area contributed by atoms with Crippen molar-refractivity contribution in [3.63, 3.8) is 0 Å². The molecule has 1 aliphatic heterocycles. The van der Waals surface area contributed by atoms with Gasteiger partial charge in [-0.25, -0.2) is 4.79 Å². The first kappa shape index (κ1) is 16.4. The van der Waals surface area contributed by atoms with E-state index in [9.17, 15) is 4.79 Å². The smallest absolute Gasteiger partial charge is 0.319 e. The normalized spacial score (nSPS) is 15.6. The lowest BCUT2D eigenvalue weighted by molar-refractivity contribution is 0.204. The predicted molar refractivity (Wildman–Crippen MR) is 91.6 cm³/mol. The van der Waals surface area contributed by atoms with Crippen molar-refractivity contribution in [2.24, 2.45) is 5.92 Å². The van der Waals surface area contributed by atoms with Gasteiger partial charge in [0.1, 0.15) is 5.82 Å². The number of hydrogen-bond acceptors (Lipinski definition) is 4.